The van der Waals surface area contributed by atoms with Gasteiger partial charge in [0.25, 0.3) is 0 Å². The predicted octanol–water partition coefficient (Wildman–Crippen LogP) is 0.614. The zero-order valence-electron chi connectivity index (χ0n) is 9.36. The maximum atomic E-state index is 11.9. The summed E-state index contributed by atoms with van der Waals surface area (Å²) in [6.07, 6.45) is 0.391. The van der Waals surface area contributed by atoms with Crippen molar-refractivity contribution in [3.8, 4) is 5.75 Å². The van der Waals surface area contributed by atoms with Crippen molar-refractivity contribution in [3.05, 3.63) is 29.8 Å². The standard InChI is InChI=1S/C11H13F2NO3/c1-16-10(15)9(14)6-7-2-4-8(5-3-7)17-11(12)13/h2-5,9,11H,6,14H2,1H3/p+1/t9-/m1/s1. The van der Waals surface area contributed by atoms with E-state index in [-0.39, 0.29) is 5.75 Å². The zero-order chi connectivity index (χ0) is 12.8. The summed E-state index contributed by atoms with van der Waals surface area (Å²) in [5, 5.41) is 0. The minimum Gasteiger partial charge on any atom is -0.465 e. The van der Waals surface area contributed by atoms with Crippen LogP contribution in [0.2, 0.25) is 0 Å². The number of alkyl halides is 2. The first-order valence-electron chi connectivity index (χ1n) is 4.97. The number of esters is 1. The Morgan fingerprint density at radius 3 is 2.41 bits per heavy atom. The van der Waals surface area contributed by atoms with Crippen LogP contribution < -0.4 is 10.5 Å². The maximum Gasteiger partial charge on any atom is 0.387 e. The van der Waals surface area contributed by atoms with E-state index in [4.69, 9.17) is 0 Å². The Labute approximate surface area is 97.3 Å². The molecule has 3 N–H and O–H groups in total. The van der Waals surface area contributed by atoms with Crippen LogP contribution in [0.1, 0.15) is 5.56 Å². The second-order valence-electron chi connectivity index (χ2n) is 3.45. The monoisotopic (exact) mass is 246 g/mol. The molecule has 1 atom stereocenters. The van der Waals surface area contributed by atoms with Crippen LogP contribution in [0.3, 0.4) is 0 Å². The highest BCUT2D eigenvalue weighted by Crippen LogP contribution is 2.15. The molecule has 0 unspecified atom stereocenters. The molecular formula is C11H14F2NO3+. The second kappa shape index (κ2) is 6.15. The van der Waals surface area contributed by atoms with Gasteiger partial charge in [-0.25, -0.2) is 4.79 Å². The summed E-state index contributed by atoms with van der Waals surface area (Å²) in [5.74, 6) is -0.319. The van der Waals surface area contributed by atoms with E-state index in [0.29, 0.717) is 6.42 Å². The first-order valence-corrected chi connectivity index (χ1v) is 4.97. The van der Waals surface area contributed by atoms with Gasteiger partial charge in [-0.3, -0.25) is 0 Å². The van der Waals surface area contributed by atoms with E-state index in [2.05, 4.69) is 15.2 Å². The van der Waals surface area contributed by atoms with Crippen LogP contribution in [0.5, 0.6) is 5.75 Å². The van der Waals surface area contributed by atoms with Gasteiger partial charge in [-0.2, -0.15) is 8.78 Å². The number of rotatable bonds is 5. The molecule has 0 radical (unpaired) electrons. The molecule has 0 aliphatic rings. The molecule has 0 aliphatic carbocycles. The van der Waals surface area contributed by atoms with Gasteiger partial charge in [0.05, 0.1) is 7.11 Å². The lowest BCUT2D eigenvalue weighted by Gasteiger charge is -2.08. The molecule has 0 saturated carbocycles. The Balaban J connectivity index is 2.59. The molecule has 4 nitrogen and oxygen atoms in total. The Morgan fingerprint density at radius 2 is 1.94 bits per heavy atom. The lowest BCUT2D eigenvalue weighted by atomic mass is 10.1. The van der Waals surface area contributed by atoms with Crippen molar-refractivity contribution in [1.29, 1.82) is 0 Å². The number of quaternary nitrogens is 1. The lowest BCUT2D eigenvalue weighted by Crippen LogP contribution is -2.66. The van der Waals surface area contributed by atoms with Gasteiger partial charge in [0.2, 0.25) is 0 Å². The van der Waals surface area contributed by atoms with E-state index in [0.717, 1.165) is 5.56 Å². The lowest BCUT2D eigenvalue weighted by molar-refractivity contribution is -0.407. The molecule has 0 amide bonds. The third-order valence-corrected chi connectivity index (χ3v) is 2.17. The van der Waals surface area contributed by atoms with E-state index >= 15 is 0 Å². The summed E-state index contributed by atoms with van der Waals surface area (Å²) in [6, 6.07) is 5.55. The van der Waals surface area contributed by atoms with Crippen LogP contribution in [-0.4, -0.2) is 25.7 Å². The Morgan fingerprint density at radius 1 is 1.35 bits per heavy atom. The fourth-order valence-electron chi connectivity index (χ4n) is 1.34. The Kier molecular flexibility index (Phi) is 4.84. The smallest absolute Gasteiger partial charge is 0.387 e. The van der Waals surface area contributed by atoms with Gasteiger partial charge >= 0.3 is 12.6 Å². The first-order chi connectivity index (χ1) is 8.02. The summed E-state index contributed by atoms with van der Waals surface area (Å²) in [7, 11) is 1.29. The molecule has 0 aliphatic heterocycles. The molecule has 1 aromatic rings. The van der Waals surface area contributed by atoms with Crippen LogP contribution in [0.25, 0.3) is 0 Å². The largest absolute Gasteiger partial charge is 0.465 e. The average molecular weight is 246 g/mol. The van der Waals surface area contributed by atoms with Crippen molar-refractivity contribution in [1.82, 2.24) is 0 Å². The fraction of sp³-hybridized carbons (Fsp3) is 0.364. The van der Waals surface area contributed by atoms with Crippen molar-refractivity contribution < 1.29 is 28.8 Å². The number of benzene rings is 1. The second-order valence-corrected chi connectivity index (χ2v) is 3.45. The average Bonchev–Trinajstić information content (AvgIpc) is 2.30. The zero-order valence-corrected chi connectivity index (χ0v) is 9.36. The van der Waals surface area contributed by atoms with Gasteiger partial charge in [-0.1, -0.05) is 12.1 Å². The van der Waals surface area contributed by atoms with E-state index in [9.17, 15) is 13.6 Å². The minimum absolute atomic E-state index is 0.0856. The van der Waals surface area contributed by atoms with Gasteiger partial charge in [-0.05, 0) is 17.7 Å². The molecule has 94 valence electrons. The van der Waals surface area contributed by atoms with Gasteiger partial charge < -0.3 is 15.2 Å². The quantitative estimate of drug-likeness (QED) is 0.774. The summed E-state index contributed by atoms with van der Waals surface area (Å²) in [5.41, 5.74) is 4.45. The number of hydrogen-bond acceptors (Lipinski definition) is 3. The fourth-order valence-corrected chi connectivity index (χ4v) is 1.34. The SMILES string of the molecule is COC(=O)[C@H]([NH3+])Cc1ccc(OC(F)F)cc1. The number of hydrogen-bond donors (Lipinski definition) is 1. The highest BCUT2D eigenvalue weighted by Gasteiger charge is 2.18. The molecule has 17 heavy (non-hydrogen) atoms. The first kappa shape index (κ1) is 13.4. The topological polar surface area (TPSA) is 63.2 Å². The molecule has 0 heterocycles. The van der Waals surface area contributed by atoms with Crippen molar-refractivity contribution in [3.63, 3.8) is 0 Å². The number of halogens is 2. The molecule has 0 spiro atoms. The van der Waals surface area contributed by atoms with Gasteiger partial charge in [0, 0.05) is 6.42 Å². The number of methoxy groups -OCH3 is 1. The summed E-state index contributed by atoms with van der Waals surface area (Å²) in [4.78, 5) is 11.1. The van der Waals surface area contributed by atoms with Crippen molar-refractivity contribution in [2.75, 3.05) is 7.11 Å². The third kappa shape index (κ3) is 4.36. The van der Waals surface area contributed by atoms with E-state index in [1.165, 1.54) is 19.2 Å². The van der Waals surface area contributed by atoms with Crippen molar-refractivity contribution in [2.45, 2.75) is 19.1 Å². The van der Waals surface area contributed by atoms with E-state index in [1.807, 2.05) is 0 Å². The molecule has 0 aromatic heterocycles. The van der Waals surface area contributed by atoms with Crippen molar-refractivity contribution in [2.24, 2.45) is 0 Å². The number of carbonyl (C=O) groups excluding carboxylic acids is 1. The predicted molar refractivity (Wildman–Crippen MR) is 55.5 cm³/mol. The normalized spacial score (nSPS) is 12.3. The third-order valence-electron chi connectivity index (χ3n) is 2.17. The van der Waals surface area contributed by atoms with Crippen LogP contribution >= 0.6 is 0 Å². The van der Waals surface area contributed by atoms with Crippen LogP contribution in [0, 0.1) is 0 Å². The highest BCUT2D eigenvalue weighted by atomic mass is 19.3. The molecule has 6 heteroatoms. The number of carbonyl (C=O) groups is 1. The molecule has 0 saturated heterocycles. The minimum atomic E-state index is -2.84. The molecule has 0 bridgehead atoms. The van der Waals surface area contributed by atoms with Crippen molar-refractivity contribution >= 4 is 5.97 Å². The van der Waals surface area contributed by atoms with Crippen LogP contribution in [0.4, 0.5) is 8.78 Å². The molecule has 1 rings (SSSR count). The molecule has 0 fully saturated rings. The van der Waals surface area contributed by atoms with E-state index in [1.54, 1.807) is 12.1 Å². The van der Waals surface area contributed by atoms with Gasteiger partial charge in [0.15, 0.2) is 6.04 Å². The van der Waals surface area contributed by atoms with Crippen LogP contribution in [-0.2, 0) is 16.0 Å². The maximum absolute atomic E-state index is 11.9. The summed E-state index contributed by atoms with van der Waals surface area (Å²) < 4.78 is 32.5. The molecule has 1 aromatic carbocycles. The Hall–Kier alpha value is -1.69. The summed E-state index contributed by atoms with van der Waals surface area (Å²) in [6.45, 7) is -2.84. The number of ether oxygens (including phenoxy) is 2. The van der Waals surface area contributed by atoms with Crippen LogP contribution in [0.15, 0.2) is 24.3 Å². The summed E-state index contributed by atoms with van der Waals surface area (Å²) >= 11 is 0. The van der Waals surface area contributed by atoms with Gasteiger partial charge in [-0.15, -0.1) is 0 Å². The highest BCUT2D eigenvalue weighted by molar-refractivity contribution is 5.74. The van der Waals surface area contributed by atoms with Gasteiger partial charge in [0.1, 0.15) is 5.75 Å². The van der Waals surface area contributed by atoms with E-state index < -0.39 is 18.6 Å². The molecular weight excluding hydrogens is 232 g/mol. The Bertz CT molecular complexity index is 367.